The van der Waals surface area contributed by atoms with Gasteiger partial charge in [0.1, 0.15) is 5.82 Å². The van der Waals surface area contributed by atoms with Crippen LogP contribution in [0.3, 0.4) is 0 Å². The Balaban J connectivity index is 1.90. The van der Waals surface area contributed by atoms with E-state index in [2.05, 4.69) is 15.5 Å². The van der Waals surface area contributed by atoms with E-state index in [-0.39, 0.29) is 5.91 Å². The molecule has 0 atom stereocenters. The van der Waals surface area contributed by atoms with E-state index in [1.54, 1.807) is 6.20 Å². The molecule has 0 aliphatic carbocycles. The Labute approximate surface area is 117 Å². The molecule has 4 nitrogen and oxygen atoms in total. The number of carbonyl (C=O) groups excluding carboxylic acids is 1. The van der Waals surface area contributed by atoms with Crippen LogP contribution in [0.2, 0.25) is 5.02 Å². The first kappa shape index (κ1) is 13.6. The monoisotopic (exact) mass is 277 g/mol. The van der Waals surface area contributed by atoms with Gasteiger partial charge in [-0.2, -0.15) is 5.10 Å². The minimum absolute atomic E-state index is 0.0427. The lowest BCUT2D eigenvalue weighted by Crippen LogP contribution is -2.13. The maximum atomic E-state index is 11.9. The van der Waals surface area contributed by atoms with Crippen LogP contribution in [-0.4, -0.2) is 16.1 Å². The first-order valence-corrected chi connectivity index (χ1v) is 6.64. The molecule has 2 N–H and O–H groups in total. The fourth-order valence-corrected chi connectivity index (χ4v) is 2.07. The number of aromatic nitrogens is 2. The number of benzene rings is 1. The molecule has 0 radical (unpaired) electrons. The molecule has 19 heavy (non-hydrogen) atoms. The van der Waals surface area contributed by atoms with Crippen molar-refractivity contribution in [3.63, 3.8) is 0 Å². The highest BCUT2D eigenvalue weighted by atomic mass is 35.5. The fourth-order valence-electron chi connectivity index (χ4n) is 1.84. The lowest BCUT2D eigenvalue weighted by Gasteiger charge is -2.06. The number of amides is 1. The van der Waals surface area contributed by atoms with Crippen molar-refractivity contribution in [3.8, 4) is 0 Å². The van der Waals surface area contributed by atoms with Crippen molar-refractivity contribution in [2.75, 3.05) is 5.32 Å². The Morgan fingerprint density at radius 2 is 2.16 bits per heavy atom. The highest BCUT2D eigenvalue weighted by molar-refractivity contribution is 6.31. The number of H-pyrrole nitrogens is 1. The van der Waals surface area contributed by atoms with Crippen molar-refractivity contribution in [2.24, 2.45) is 0 Å². The van der Waals surface area contributed by atoms with E-state index in [1.807, 2.05) is 31.2 Å². The van der Waals surface area contributed by atoms with E-state index in [1.165, 1.54) is 0 Å². The molecule has 2 rings (SSSR count). The standard InChI is InChI=1S/C14H16ClN3O/c1-2-10-9-16-18-14(10)17-13(19)8-7-11-5-3-4-6-12(11)15/h3-6,9H,2,7-8H2,1H3,(H2,16,17,18,19). The van der Waals surface area contributed by atoms with Crippen LogP contribution in [0.5, 0.6) is 0 Å². The summed E-state index contributed by atoms with van der Waals surface area (Å²) in [6.07, 6.45) is 3.58. The van der Waals surface area contributed by atoms with Crippen molar-refractivity contribution < 1.29 is 4.79 Å². The number of aryl methyl sites for hydroxylation is 2. The molecule has 0 spiro atoms. The van der Waals surface area contributed by atoms with Crippen molar-refractivity contribution in [1.29, 1.82) is 0 Å². The van der Waals surface area contributed by atoms with Crippen LogP contribution in [0.25, 0.3) is 0 Å². The zero-order chi connectivity index (χ0) is 13.7. The van der Waals surface area contributed by atoms with Crippen LogP contribution in [0.15, 0.2) is 30.5 Å². The number of nitrogens with one attached hydrogen (secondary N) is 2. The highest BCUT2D eigenvalue weighted by Gasteiger charge is 2.08. The lowest BCUT2D eigenvalue weighted by atomic mass is 10.1. The van der Waals surface area contributed by atoms with E-state index in [0.717, 1.165) is 17.5 Å². The Bertz CT molecular complexity index is 565. The minimum atomic E-state index is -0.0427. The van der Waals surface area contributed by atoms with Gasteiger partial charge in [-0.1, -0.05) is 36.7 Å². The molecule has 1 heterocycles. The second kappa shape index (κ2) is 6.38. The Morgan fingerprint density at radius 1 is 1.37 bits per heavy atom. The number of hydrogen-bond donors (Lipinski definition) is 2. The summed E-state index contributed by atoms with van der Waals surface area (Å²) in [4.78, 5) is 11.9. The maximum Gasteiger partial charge on any atom is 0.225 e. The molecule has 1 aromatic heterocycles. The summed E-state index contributed by atoms with van der Waals surface area (Å²) in [5.41, 5.74) is 1.99. The molecule has 5 heteroatoms. The van der Waals surface area contributed by atoms with Gasteiger partial charge in [0.2, 0.25) is 5.91 Å². The van der Waals surface area contributed by atoms with Gasteiger partial charge in [0.05, 0.1) is 6.20 Å². The highest BCUT2D eigenvalue weighted by Crippen LogP contribution is 2.17. The van der Waals surface area contributed by atoms with E-state index in [9.17, 15) is 4.79 Å². The fraction of sp³-hybridized carbons (Fsp3) is 0.286. The topological polar surface area (TPSA) is 57.8 Å². The van der Waals surface area contributed by atoms with Gasteiger partial charge in [0.15, 0.2) is 0 Å². The Morgan fingerprint density at radius 3 is 2.89 bits per heavy atom. The van der Waals surface area contributed by atoms with E-state index in [0.29, 0.717) is 23.7 Å². The van der Waals surface area contributed by atoms with Crippen LogP contribution >= 0.6 is 11.6 Å². The van der Waals surface area contributed by atoms with Gasteiger partial charge in [-0.05, 0) is 24.5 Å². The molecule has 0 aliphatic heterocycles. The molecule has 0 unspecified atom stereocenters. The zero-order valence-corrected chi connectivity index (χ0v) is 11.5. The van der Waals surface area contributed by atoms with Gasteiger partial charge < -0.3 is 5.32 Å². The molecule has 0 saturated heterocycles. The third kappa shape index (κ3) is 3.58. The molecule has 0 aliphatic rings. The summed E-state index contributed by atoms with van der Waals surface area (Å²) in [5, 5.41) is 10.2. The minimum Gasteiger partial charge on any atom is -0.311 e. The number of anilines is 1. The van der Waals surface area contributed by atoms with E-state index in [4.69, 9.17) is 11.6 Å². The van der Waals surface area contributed by atoms with Crippen molar-refractivity contribution >= 4 is 23.3 Å². The molecule has 0 fully saturated rings. The van der Waals surface area contributed by atoms with E-state index < -0.39 is 0 Å². The van der Waals surface area contributed by atoms with Crippen LogP contribution in [-0.2, 0) is 17.6 Å². The summed E-state index contributed by atoms with van der Waals surface area (Å²) in [7, 11) is 0. The number of carbonyl (C=O) groups is 1. The molecule has 1 amide bonds. The average molecular weight is 278 g/mol. The quantitative estimate of drug-likeness (QED) is 0.882. The summed E-state index contributed by atoms with van der Waals surface area (Å²) >= 11 is 6.05. The SMILES string of the molecule is CCc1cn[nH]c1NC(=O)CCc1ccccc1Cl. The second-order valence-electron chi connectivity index (χ2n) is 4.26. The number of nitrogens with zero attached hydrogens (tertiary/aromatic N) is 1. The largest absolute Gasteiger partial charge is 0.311 e. The maximum absolute atomic E-state index is 11.9. The van der Waals surface area contributed by atoms with Crippen molar-refractivity contribution in [2.45, 2.75) is 26.2 Å². The molecule has 0 saturated carbocycles. The number of halogens is 1. The first-order chi connectivity index (χ1) is 9.20. The normalized spacial score (nSPS) is 10.4. The van der Waals surface area contributed by atoms with Crippen LogP contribution < -0.4 is 5.32 Å². The van der Waals surface area contributed by atoms with Gasteiger partial charge in [-0.3, -0.25) is 9.89 Å². The summed E-state index contributed by atoms with van der Waals surface area (Å²) in [6.45, 7) is 2.02. The molecule has 2 aromatic rings. The molecule has 0 bridgehead atoms. The third-order valence-electron chi connectivity index (χ3n) is 2.94. The van der Waals surface area contributed by atoms with Gasteiger partial charge in [-0.15, -0.1) is 0 Å². The van der Waals surface area contributed by atoms with Gasteiger partial charge in [0.25, 0.3) is 0 Å². The van der Waals surface area contributed by atoms with Crippen molar-refractivity contribution in [1.82, 2.24) is 10.2 Å². The average Bonchev–Trinajstić information content (AvgIpc) is 2.85. The third-order valence-corrected chi connectivity index (χ3v) is 3.31. The Hall–Kier alpha value is -1.81. The molecular weight excluding hydrogens is 262 g/mol. The van der Waals surface area contributed by atoms with Gasteiger partial charge in [0, 0.05) is 17.0 Å². The Kier molecular flexibility index (Phi) is 4.58. The summed E-state index contributed by atoms with van der Waals surface area (Å²) < 4.78 is 0. The second-order valence-corrected chi connectivity index (χ2v) is 4.67. The van der Waals surface area contributed by atoms with E-state index >= 15 is 0 Å². The number of rotatable bonds is 5. The van der Waals surface area contributed by atoms with Gasteiger partial charge in [-0.25, -0.2) is 0 Å². The number of hydrogen-bond acceptors (Lipinski definition) is 2. The van der Waals surface area contributed by atoms with Crippen LogP contribution in [0.4, 0.5) is 5.82 Å². The summed E-state index contributed by atoms with van der Waals surface area (Å²) in [6, 6.07) is 7.56. The predicted molar refractivity (Wildman–Crippen MR) is 76.4 cm³/mol. The lowest BCUT2D eigenvalue weighted by molar-refractivity contribution is -0.116. The van der Waals surface area contributed by atoms with Gasteiger partial charge >= 0.3 is 0 Å². The molecule has 100 valence electrons. The molecule has 1 aromatic carbocycles. The number of aromatic amines is 1. The smallest absolute Gasteiger partial charge is 0.225 e. The zero-order valence-electron chi connectivity index (χ0n) is 10.7. The summed E-state index contributed by atoms with van der Waals surface area (Å²) in [5.74, 6) is 0.644. The van der Waals surface area contributed by atoms with Crippen molar-refractivity contribution in [3.05, 3.63) is 46.6 Å². The van der Waals surface area contributed by atoms with Crippen LogP contribution in [0.1, 0.15) is 24.5 Å². The first-order valence-electron chi connectivity index (χ1n) is 6.26. The van der Waals surface area contributed by atoms with Crippen LogP contribution in [0, 0.1) is 0 Å². The predicted octanol–water partition coefficient (Wildman–Crippen LogP) is 3.20. The molecular formula is C14H16ClN3O.